The number of nitro groups is 1. The Hall–Kier alpha value is -2.15. The highest BCUT2D eigenvalue weighted by atomic mass is 16.6. The molecule has 0 saturated heterocycles. The molecule has 1 fully saturated rings. The molecule has 0 aromatic heterocycles. The van der Waals surface area contributed by atoms with Gasteiger partial charge in [-0.25, -0.2) is 0 Å². The lowest BCUT2D eigenvalue weighted by atomic mass is 9.63. The second-order valence-corrected chi connectivity index (χ2v) is 6.36. The number of para-hydroxylation sites is 1. The molecule has 1 aromatic carbocycles. The van der Waals surface area contributed by atoms with E-state index in [-0.39, 0.29) is 23.1 Å². The lowest BCUT2D eigenvalue weighted by Gasteiger charge is -2.54. The van der Waals surface area contributed by atoms with Crippen LogP contribution in [0.4, 0.5) is 5.69 Å². The number of hydrogen-bond acceptors (Lipinski definition) is 5. The van der Waals surface area contributed by atoms with Gasteiger partial charge in [0.2, 0.25) is 5.75 Å². The Bertz CT molecular complexity index is 629. The quantitative estimate of drug-likeness (QED) is 0.664. The molecule has 1 aliphatic rings. The van der Waals surface area contributed by atoms with E-state index in [2.05, 4.69) is 0 Å². The van der Waals surface area contributed by atoms with Gasteiger partial charge in [0.25, 0.3) is 5.91 Å². The minimum absolute atomic E-state index is 0.0507. The van der Waals surface area contributed by atoms with Crippen LogP contribution in [0.5, 0.6) is 5.75 Å². The number of benzene rings is 1. The SMILES string of the molecule is CCO[C@H]1C[C@H](N(C)C(=O)c2cccc([N+](=O)[O-])c2O)C1(C)C. The Morgan fingerprint density at radius 3 is 2.70 bits per heavy atom. The van der Waals surface area contributed by atoms with Gasteiger partial charge in [0.15, 0.2) is 0 Å². The first kappa shape index (κ1) is 17.2. The zero-order valence-electron chi connectivity index (χ0n) is 13.8. The topological polar surface area (TPSA) is 92.9 Å². The van der Waals surface area contributed by atoms with Crippen molar-refractivity contribution in [3.8, 4) is 5.75 Å². The summed E-state index contributed by atoms with van der Waals surface area (Å²) in [6.07, 6.45) is 0.783. The van der Waals surface area contributed by atoms with Gasteiger partial charge in [-0.2, -0.15) is 0 Å². The standard InChI is InChI=1S/C16H22N2O5/c1-5-23-13-9-12(16(13,2)3)17(4)15(20)10-7-6-8-11(14(10)19)18(21)22/h6-8,12-13,19H,5,9H2,1-4H3/t12-,13-/m0/s1. The zero-order chi connectivity index (χ0) is 17.4. The zero-order valence-corrected chi connectivity index (χ0v) is 13.8. The van der Waals surface area contributed by atoms with Gasteiger partial charge in [-0.3, -0.25) is 14.9 Å². The van der Waals surface area contributed by atoms with Crippen molar-refractivity contribution >= 4 is 11.6 Å². The van der Waals surface area contributed by atoms with Crippen molar-refractivity contribution in [3.05, 3.63) is 33.9 Å². The number of rotatable bonds is 5. The molecule has 2 rings (SSSR count). The second-order valence-electron chi connectivity index (χ2n) is 6.36. The van der Waals surface area contributed by atoms with Gasteiger partial charge in [0.05, 0.1) is 16.6 Å². The van der Waals surface area contributed by atoms with Crippen LogP contribution in [0.25, 0.3) is 0 Å². The van der Waals surface area contributed by atoms with Gasteiger partial charge in [-0.15, -0.1) is 0 Å². The number of carbonyl (C=O) groups is 1. The van der Waals surface area contributed by atoms with E-state index in [9.17, 15) is 20.0 Å². The molecular formula is C16H22N2O5. The third kappa shape index (κ3) is 2.88. The van der Waals surface area contributed by atoms with Crippen molar-refractivity contribution < 1.29 is 19.6 Å². The highest BCUT2D eigenvalue weighted by Crippen LogP contribution is 2.46. The van der Waals surface area contributed by atoms with Gasteiger partial charge < -0.3 is 14.7 Å². The summed E-state index contributed by atoms with van der Waals surface area (Å²) in [5.74, 6) is -1.02. The summed E-state index contributed by atoms with van der Waals surface area (Å²) < 4.78 is 5.66. The number of ether oxygens (including phenoxy) is 1. The molecule has 0 bridgehead atoms. The summed E-state index contributed by atoms with van der Waals surface area (Å²) in [6, 6.07) is 3.91. The maximum Gasteiger partial charge on any atom is 0.311 e. The van der Waals surface area contributed by atoms with Crippen molar-refractivity contribution in [2.24, 2.45) is 5.41 Å². The summed E-state index contributed by atoms with van der Waals surface area (Å²) >= 11 is 0. The maximum absolute atomic E-state index is 12.6. The number of carbonyl (C=O) groups excluding carboxylic acids is 1. The lowest BCUT2D eigenvalue weighted by molar-refractivity contribution is -0.385. The third-order valence-corrected chi connectivity index (χ3v) is 4.72. The molecule has 0 heterocycles. The summed E-state index contributed by atoms with van der Waals surface area (Å²) in [5.41, 5.74) is -0.738. The van der Waals surface area contributed by atoms with Crippen LogP contribution in [0.15, 0.2) is 18.2 Å². The molecule has 1 saturated carbocycles. The second kappa shape index (κ2) is 6.16. The first-order chi connectivity index (χ1) is 10.7. The molecule has 1 aromatic rings. The fourth-order valence-corrected chi connectivity index (χ4v) is 3.19. The number of aromatic hydroxyl groups is 1. The molecule has 2 atom stereocenters. The van der Waals surface area contributed by atoms with Gasteiger partial charge in [-0.1, -0.05) is 19.9 Å². The molecule has 0 radical (unpaired) electrons. The van der Waals surface area contributed by atoms with Crippen LogP contribution in [-0.2, 0) is 4.74 Å². The van der Waals surface area contributed by atoms with Crippen molar-refractivity contribution in [2.45, 2.75) is 39.3 Å². The van der Waals surface area contributed by atoms with E-state index in [1.807, 2.05) is 20.8 Å². The van der Waals surface area contributed by atoms with Crippen LogP contribution < -0.4 is 0 Å². The van der Waals surface area contributed by atoms with Crippen molar-refractivity contribution in [2.75, 3.05) is 13.7 Å². The predicted molar refractivity (Wildman–Crippen MR) is 84.5 cm³/mol. The molecule has 23 heavy (non-hydrogen) atoms. The normalized spacial score (nSPS) is 22.3. The van der Waals surface area contributed by atoms with Crippen molar-refractivity contribution in [1.29, 1.82) is 0 Å². The van der Waals surface area contributed by atoms with Crippen LogP contribution in [0.2, 0.25) is 0 Å². The molecule has 1 N–H and O–H groups in total. The first-order valence-corrected chi connectivity index (χ1v) is 7.56. The number of phenols is 1. The first-order valence-electron chi connectivity index (χ1n) is 7.56. The van der Waals surface area contributed by atoms with Crippen LogP contribution in [-0.4, -0.2) is 46.6 Å². The van der Waals surface area contributed by atoms with E-state index in [1.54, 1.807) is 7.05 Å². The van der Waals surface area contributed by atoms with Gasteiger partial charge >= 0.3 is 5.69 Å². The van der Waals surface area contributed by atoms with Crippen molar-refractivity contribution in [1.82, 2.24) is 4.90 Å². The molecule has 7 nitrogen and oxygen atoms in total. The van der Waals surface area contributed by atoms with Crippen LogP contribution in [0.3, 0.4) is 0 Å². The smallest absolute Gasteiger partial charge is 0.311 e. The molecule has 1 aliphatic carbocycles. The fourth-order valence-electron chi connectivity index (χ4n) is 3.19. The number of phenolic OH excluding ortho intramolecular Hbond substituents is 1. The molecule has 126 valence electrons. The Morgan fingerprint density at radius 1 is 1.52 bits per heavy atom. The van der Waals surface area contributed by atoms with Gasteiger partial charge in [0.1, 0.15) is 0 Å². The van der Waals surface area contributed by atoms with Gasteiger partial charge in [-0.05, 0) is 19.4 Å². The Kier molecular flexibility index (Phi) is 4.61. The molecule has 0 aliphatic heterocycles. The van der Waals surface area contributed by atoms with E-state index in [4.69, 9.17) is 4.74 Å². The highest BCUT2D eigenvalue weighted by Gasteiger charge is 2.52. The highest BCUT2D eigenvalue weighted by molar-refractivity contribution is 5.98. The minimum Gasteiger partial charge on any atom is -0.502 e. The summed E-state index contributed by atoms with van der Waals surface area (Å²) in [7, 11) is 1.65. The van der Waals surface area contributed by atoms with E-state index in [1.165, 1.54) is 23.1 Å². The van der Waals surface area contributed by atoms with Gasteiger partial charge in [0, 0.05) is 31.2 Å². The summed E-state index contributed by atoms with van der Waals surface area (Å²) in [6.45, 7) is 6.60. The largest absolute Gasteiger partial charge is 0.502 e. The van der Waals surface area contributed by atoms with E-state index in [0.29, 0.717) is 13.0 Å². The average Bonchev–Trinajstić information content (AvgIpc) is 2.49. The molecule has 7 heteroatoms. The average molecular weight is 322 g/mol. The van der Waals surface area contributed by atoms with E-state index in [0.717, 1.165) is 0 Å². The third-order valence-electron chi connectivity index (χ3n) is 4.72. The molecule has 1 amide bonds. The summed E-state index contributed by atoms with van der Waals surface area (Å²) in [4.78, 5) is 24.4. The van der Waals surface area contributed by atoms with E-state index < -0.39 is 22.3 Å². The minimum atomic E-state index is -0.704. The number of hydrogen-bond donors (Lipinski definition) is 1. The molecule has 0 unspecified atom stereocenters. The van der Waals surface area contributed by atoms with Crippen LogP contribution in [0.1, 0.15) is 37.6 Å². The number of amides is 1. The monoisotopic (exact) mass is 322 g/mol. The predicted octanol–water partition coefficient (Wildman–Crippen LogP) is 2.58. The Labute approximate surface area is 135 Å². The number of nitrogens with zero attached hydrogens (tertiary/aromatic N) is 2. The fraction of sp³-hybridized carbons (Fsp3) is 0.562. The van der Waals surface area contributed by atoms with Crippen LogP contribution in [0, 0.1) is 15.5 Å². The Balaban J connectivity index is 2.22. The molecule has 0 spiro atoms. The van der Waals surface area contributed by atoms with Crippen LogP contribution >= 0.6 is 0 Å². The number of nitro benzene ring substituents is 1. The Morgan fingerprint density at radius 2 is 2.17 bits per heavy atom. The summed E-state index contributed by atoms with van der Waals surface area (Å²) in [5, 5.41) is 20.9. The maximum atomic E-state index is 12.6. The lowest BCUT2D eigenvalue weighted by Crippen LogP contribution is -2.62. The van der Waals surface area contributed by atoms with E-state index >= 15 is 0 Å². The van der Waals surface area contributed by atoms with Crippen molar-refractivity contribution in [3.63, 3.8) is 0 Å². The molecular weight excluding hydrogens is 300 g/mol.